The topological polar surface area (TPSA) is 115 Å². The van der Waals surface area contributed by atoms with Gasteiger partial charge in [0.1, 0.15) is 18.2 Å². The first-order valence-corrected chi connectivity index (χ1v) is 14.2. The van der Waals surface area contributed by atoms with Gasteiger partial charge < -0.3 is 30.3 Å². The average Bonchev–Trinajstić information content (AvgIpc) is 3.48. The molecular weight excluding hydrogens is 502 g/mol. The molecule has 4 N–H and O–H groups in total. The SMILES string of the molecule is CN1CCC[C@H]1COc1nc(N2C3CCC2CN(C(=N)N)C3)c2ccc(-c3cc(O)cc4ccccc34)cc2n1. The van der Waals surface area contributed by atoms with Crippen molar-refractivity contribution in [2.75, 3.05) is 38.2 Å². The van der Waals surface area contributed by atoms with Crippen LogP contribution in [-0.2, 0) is 0 Å². The summed E-state index contributed by atoms with van der Waals surface area (Å²) < 4.78 is 6.29. The summed E-state index contributed by atoms with van der Waals surface area (Å²) >= 11 is 0. The largest absolute Gasteiger partial charge is 0.508 e. The Labute approximate surface area is 233 Å². The number of aromatic nitrogens is 2. The Balaban J connectivity index is 1.33. The number of aromatic hydroxyl groups is 1. The zero-order valence-corrected chi connectivity index (χ0v) is 22.8. The zero-order valence-electron chi connectivity index (χ0n) is 22.8. The third-order valence-electron chi connectivity index (χ3n) is 8.96. The number of likely N-dealkylation sites (tertiary alicyclic amines) is 2. The number of ether oxygens (including phenoxy) is 1. The number of benzene rings is 3. The molecule has 3 aliphatic rings. The highest BCUT2D eigenvalue weighted by Gasteiger charge is 2.42. The average molecular weight is 538 g/mol. The van der Waals surface area contributed by atoms with E-state index in [1.807, 2.05) is 29.2 Å². The molecule has 3 fully saturated rings. The summed E-state index contributed by atoms with van der Waals surface area (Å²) in [6.07, 6.45) is 4.37. The minimum Gasteiger partial charge on any atom is -0.508 e. The molecule has 0 saturated carbocycles. The number of fused-ring (bicyclic) bond motifs is 4. The molecule has 3 atom stereocenters. The summed E-state index contributed by atoms with van der Waals surface area (Å²) in [5.41, 5.74) is 8.63. The molecular formula is C31H35N7O2. The molecule has 4 heterocycles. The molecule has 9 nitrogen and oxygen atoms in total. The van der Waals surface area contributed by atoms with Crippen molar-refractivity contribution in [3.63, 3.8) is 0 Å². The number of anilines is 1. The quantitative estimate of drug-likeness (QED) is 0.257. The third kappa shape index (κ3) is 4.34. The summed E-state index contributed by atoms with van der Waals surface area (Å²) in [6, 6.07) is 19.2. The maximum Gasteiger partial charge on any atom is 0.319 e. The van der Waals surface area contributed by atoms with Crippen molar-refractivity contribution in [1.82, 2.24) is 19.8 Å². The number of hydrogen-bond donors (Lipinski definition) is 3. The van der Waals surface area contributed by atoms with Gasteiger partial charge in [-0.25, -0.2) is 0 Å². The maximum absolute atomic E-state index is 10.5. The lowest BCUT2D eigenvalue weighted by molar-refractivity contribution is 0.188. The molecule has 0 radical (unpaired) electrons. The lowest BCUT2D eigenvalue weighted by Crippen LogP contribution is -2.57. The number of piperazine rings is 1. The number of nitrogens with zero attached hydrogens (tertiary/aromatic N) is 5. The van der Waals surface area contributed by atoms with Crippen LogP contribution >= 0.6 is 0 Å². The van der Waals surface area contributed by atoms with Crippen molar-refractivity contribution in [1.29, 1.82) is 5.41 Å². The van der Waals surface area contributed by atoms with E-state index in [-0.39, 0.29) is 23.8 Å². The summed E-state index contributed by atoms with van der Waals surface area (Å²) in [5, 5.41) is 21.5. The standard InChI is InChI=1S/C31H35N7O2/c1-36-12-4-6-23(36)18-40-31-34-28-14-20(27-15-24(39)13-19-5-2-3-7-25(19)27)8-11-26(28)29(35-31)38-21-9-10-22(38)17-37(16-21)30(32)33/h2-3,5,7-8,11,13-15,21-23,39H,4,6,9-10,12,16-18H2,1H3,(H3,32,33)/t21?,22?,23-/m0/s1. The summed E-state index contributed by atoms with van der Waals surface area (Å²) in [7, 11) is 2.14. The van der Waals surface area contributed by atoms with E-state index in [9.17, 15) is 5.11 Å². The molecule has 9 heteroatoms. The van der Waals surface area contributed by atoms with E-state index < -0.39 is 0 Å². The Hall–Kier alpha value is -4.11. The van der Waals surface area contributed by atoms with E-state index in [1.165, 1.54) is 6.42 Å². The van der Waals surface area contributed by atoms with Crippen LogP contribution in [0, 0.1) is 5.41 Å². The van der Waals surface area contributed by atoms with Gasteiger partial charge in [0.05, 0.1) is 5.52 Å². The highest BCUT2D eigenvalue weighted by atomic mass is 16.5. The van der Waals surface area contributed by atoms with Gasteiger partial charge in [0.2, 0.25) is 0 Å². The van der Waals surface area contributed by atoms with Gasteiger partial charge >= 0.3 is 6.01 Å². The van der Waals surface area contributed by atoms with E-state index >= 15 is 0 Å². The number of rotatable bonds is 5. The molecule has 7 rings (SSSR count). The monoisotopic (exact) mass is 537 g/mol. The van der Waals surface area contributed by atoms with E-state index in [0.717, 1.165) is 64.4 Å². The van der Waals surface area contributed by atoms with E-state index in [0.29, 0.717) is 31.7 Å². The van der Waals surface area contributed by atoms with Crippen LogP contribution in [0.5, 0.6) is 11.8 Å². The summed E-state index contributed by atoms with van der Waals surface area (Å²) in [4.78, 5) is 16.7. The highest BCUT2D eigenvalue weighted by Crippen LogP contribution is 2.40. The molecule has 40 heavy (non-hydrogen) atoms. The Bertz CT molecular complexity index is 1590. The van der Waals surface area contributed by atoms with Crippen LogP contribution in [0.1, 0.15) is 25.7 Å². The fraction of sp³-hybridized carbons (Fsp3) is 0.387. The van der Waals surface area contributed by atoms with Gasteiger partial charge in [-0.3, -0.25) is 5.41 Å². The Kier molecular flexibility index (Phi) is 6.11. The third-order valence-corrected chi connectivity index (χ3v) is 8.96. The van der Waals surface area contributed by atoms with Gasteiger partial charge in [-0.2, -0.15) is 9.97 Å². The number of hydrogen-bond acceptors (Lipinski definition) is 7. The van der Waals surface area contributed by atoms with Crippen molar-refractivity contribution in [2.24, 2.45) is 5.73 Å². The van der Waals surface area contributed by atoms with Gasteiger partial charge in [-0.15, -0.1) is 0 Å². The van der Waals surface area contributed by atoms with E-state index in [2.05, 4.69) is 41.1 Å². The number of nitrogens with two attached hydrogens (primary N) is 1. The van der Waals surface area contributed by atoms with Gasteiger partial charge in [0.25, 0.3) is 0 Å². The molecule has 0 aliphatic carbocycles. The van der Waals surface area contributed by atoms with Crippen molar-refractivity contribution < 1.29 is 9.84 Å². The molecule has 1 aromatic heterocycles. The van der Waals surface area contributed by atoms with Crippen LogP contribution in [0.15, 0.2) is 54.6 Å². The fourth-order valence-electron chi connectivity index (χ4n) is 6.86. The van der Waals surface area contributed by atoms with Crippen molar-refractivity contribution in [3.8, 4) is 22.9 Å². The number of phenols is 1. The smallest absolute Gasteiger partial charge is 0.319 e. The van der Waals surface area contributed by atoms with Crippen LogP contribution in [0.4, 0.5) is 5.82 Å². The van der Waals surface area contributed by atoms with Crippen molar-refractivity contribution >= 4 is 33.5 Å². The second-order valence-corrected chi connectivity index (χ2v) is 11.4. The molecule has 3 aromatic carbocycles. The second-order valence-electron chi connectivity index (χ2n) is 11.4. The van der Waals surface area contributed by atoms with Gasteiger partial charge in [0, 0.05) is 36.6 Å². The van der Waals surface area contributed by atoms with E-state index in [1.54, 1.807) is 6.07 Å². The minimum atomic E-state index is 0.136. The maximum atomic E-state index is 10.5. The molecule has 3 saturated heterocycles. The number of likely N-dealkylation sites (N-methyl/N-ethyl adjacent to an activating group) is 1. The van der Waals surface area contributed by atoms with Crippen LogP contribution in [-0.4, -0.2) is 82.2 Å². The van der Waals surface area contributed by atoms with E-state index in [4.69, 9.17) is 25.8 Å². The number of guanidine groups is 1. The summed E-state index contributed by atoms with van der Waals surface area (Å²) in [5.74, 6) is 1.27. The number of phenolic OH excluding ortho intramolecular Hbond substituents is 1. The first-order chi connectivity index (χ1) is 19.4. The molecule has 2 bridgehead atoms. The van der Waals surface area contributed by atoms with Gasteiger partial charge in [-0.05, 0) is 85.4 Å². The minimum absolute atomic E-state index is 0.136. The van der Waals surface area contributed by atoms with Crippen LogP contribution in [0.25, 0.3) is 32.8 Å². The van der Waals surface area contributed by atoms with Crippen molar-refractivity contribution in [2.45, 2.75) is 43.8 Å². The molecule has 2 unspecified atom stereocenters. The van der Waals surface area contributed by atoms with Crippen LogP contribution in [0.2, 0.25) is 0 Å². The normalized spacial score (nSPS) is 22.9. The Morgan fingerprint density at radius 2 is 1.82 bits per heavy atom. The Morgan fingerprint density at radius 3 is 2.58 bits per heavy atom. The Morgan fingerprint density at radius 1 is 1.02 bits per heavy atom. The predicted octanol–water partition coefficient (Wildman–Crippen LogP) is 4.18. The van der Waals surface area contributed by atoms with Crippen LogP contribution in [0.3, 0.4) is 0 Å². The highest BCUT2D eigenvalue weighted by molar-refractivity contribution is 6.01. The number of nitrogens with one attached hydrogen (secondary N) is 1. The fourth-order valence-corrected chi connectivity index (χ4v) is 6.86. The molecule has 206 valence electrons. The lowest BCUT2D eigenvalue weighted by atomic mass is 9.97. The molecule has 0 amide bonds. The molecule has 3 aliphatic heterocycles. The van der Waals surface area contributed by atoms with Gasteiger partial charge in [-0.1, -0.05) is 30.3 Å². The molecule has 4 aromatic rings. The lowest BCUT2D eigenvalue weighted by Gasteiger charge is -2.42. The van der Waals surface area contributed by atoms with Crippen molar-refractivity contribution in [3.05, 3.63) is 54.6 Å². The first kappa shape index (κ1) is 24.9. The van der Waals surface area contributed by atoms with Crippen LogP contribution < -0.4 is 15.4 Å². The van der Waals surface area contributed by atoms with Gasteiger partial charge in [0.15, 0.2) is 5.96 Å². The zero-order chi connectivity index (χ0) is 27.4. The predicted molar refractivity (Wildman–Crippen MR) is 158 cm³/mol. The second kappa shape index (κ2) is 9.82. The first-order valence-electron chi connectivity index (χ1n) is 14.2. The summed E-state index contributed by atoms with van der Waals surface area (Å²) in [6.45, 7) is 3.08. The molecule has 0 spiro atoms.